The highest BCUT2D eigenvalue weighted by Crippen LogP contribution is 2.35. The van der Waals surface area contributed by atoms with Gasteiger partial charge in [-0.2, -0.15) is 9.97 Å². The van der Waals surface area contributed by atoms with Gasteiger partial charge >= 0.3 is 0 Å². The van der Waals surface area contributed by atoms with Gasteiger partial charge in [-0.1, -0.05) is 91.0 Å². The summed E-state index contributed by atoms with van der Waals surface area (Å²) in [7, 11) is 0. The van der Waals surface area contributed by atoms with Crippen molar-refractivity contribution in [3.63, 3.8) is 0 Å². The van der Waals surface area contributed by atoms with E-state index < -0.39 is 0 Å². The van der Waals surface area contributed by atoms with Crippen molar-refractivity contribution >= 4 is 37.7 Å². The molecule has 6 aromatic rings. The Morgan fingerprint density at radius 2 is 1.09 bits per heavy atom. The van der Waals surface area contributed by atoms with E-state index in [9.17, 15) is 0 Å². The number of benzene rings is 4. The summed E-state index contributed by atoms with van der Waals surface area (Å²) in [4.78, 5) is 14.7. The highest BCUT2D eigenvalue weighted by molar-refractivity contribution is 9.10. The third-order valence-corrected chi connectivity index (χ3v) is 6.17. The summed E-state index contributed by atoms with van der Waals surface area (Å²) in [5.74, 6) is 1.88. The predicted molar refractivity (Wildman–Crippen MR) is 133 cm³/mol. The zero-order chi connectivity index (χ0) is 21.5. The molecule has 32 heavy (non-hydrogen) atoms. The van der Waals surface area contributed by atoms with E-state index in [4.69, 9.17) is 15.0 Å². The molecule has 0 N–H and O–H groups in total. The molecule has 2 aromatic heterocycles. The topological polar surface area (TPSA) is 43.6 Å². The maximum Gasteiger partial charge on any atom is 0.238 e. The molecule has 0 aliphatic rings. The van der Waals surface area contributed by atoms with Gasteiger partial charge in [0, 0.05) is 26.4 Å². The van der Waals surface area contributed by atoms with E-state index in [2.05, 4.69) is 56.9 Å². The Morgan fingerprint density at radius 3 is 1.75 bits per heavy atom. The lowest BCUT2D eigenvalue weighted by atomic mass is 10.2. The molecule has 4 aromatic carbocycles. The molecular formula is C27H17BrN4. The van der Waals surface area contributed by atoms with Crippen LogP contribution in [0.2, 0.25) is 0 Å². The van der Waals surface area contributed by atoms with Crippen LogP contribution in [0.25, 0.3) is 50.5 Å². The molecule has 5 heteroatoms. The van der Waals surface area contributed by atoms with E-state index in [0.29, 0.717) is 17.6 Å². The molecule has 0 atom stereocenters. The Kier molecular flexibility index (Phi) is 4.55. The minimum absolute atomic E-state index is 0.593. The summed E-state index contributed by atoms with van der Waals surface area (Å²) in [5, 5.41) is 2.31. The predicted octanol–water partition coefficient (Wildman–Crippen LogP) is 7.07. The minimum Gasteiger partial charge on any atom is -0.277 e. The van der Waals surface area contributed by atoms with Gasteiger partial charge < -0.3 is 0 Å². The van der Waals surface area contributed by atoms with E-state index in [-0.39, 0.29) is 0 Å². The normalized spacial score (nSPS) is 11.3. The highest BCUT2D eigenvalue weighted by atomic mass is 79.9. The van der Waals surface area contributed by atoms with Gasteiger partial charge in [0.2, 0.25) is 5.95 Å². The van der Waals surface area contributed by atoms with Crippen molar-refractivity contribution in [1.29, 1.82) is 0 Å². The van der Waals surface area contributed by atoms with E-state index in [1.165, 1.54) is 0 Å². The first-order valence-electron chi connectivity index (χ1n) is 10.3. The van der Waals surface area contributed by atoms with Crippen molar-refractivity contribution in [1.82, 2.24) is 19.5 Å². The van der Waals surface area contributed by atoms with Crippen molar-refractivity contribution in [3.8, 4) is 28.7 Å². The molecule has 0 aliphatic carbocycles. The fourth-order valence-corrected chi connectivity index (χ4v) is 4.63. The third-order valence-electron chi connectivity index (χ3n) is 5.53. The average molecular weight is 477 g/mol. The molecule has 0 aliphatic heterocycles. The standard InChI is InChI=1S/C27H17BrN4/c28-22-16-9-15-21-20-14-7-8-17-23(20)32(24(21)22)27-30-25(18-10-3-1-4-11-18)29-26(31-27)19-12-5-2-6-13-19/h1-17H. The molecular weight excluding hydrogens is 460 g/mol. The largest absolute Gasteiger partial charge is 0.277 e. The fourth-order valence-electron chi connectivity index (χ4n) is 4.08. The molecule has 0 unspecified atom stereocenters. The summed E-state index contributed by atoms with van der Waals surface area (Å²) < 4.78 is 3.11. The van der Waals surface area contributed by atoms with E-state index in [1.54, 1.807) is 0 Å². The molecule has 2 heterocycles. The Labute approximate surface area is 193 Å². The van der Waals surface area contributed by atoms with Gasteiger partial charge in [0.05, 0.1) is 11.0 Å². The molecule has 6 rings (SSSR count). The zero-order valence-corrected chi connectivity index (χ0v) is 18.6. The van der Waals surface area contributed by atoms with Gasteiger partial charge in [0.1, 0.15) is 0 Å². The van der Waals surface area contributed by atoms with Gasteiger partial charge in [0.15, 0.2) is 11.6 Å². The lowest BCUT2D eigenvalue weighted by molar-refractivity contribution is 0.952. The molecule has 0 saturated heterocycles. The third kappa shape index (κ3) is 3.10. The summed E-state index contributed by atoms with van der Waals surface area (Å²) in [5.41, 5.74) is 4.00. The Balaban J connectivity index is 1.72. The second kappa shape index (κ2) is 7.70. The number of hydrogen-bond acceptors (Lipinski definition) is 3. The van der Waals surface area contributed by atoms with Crippen LogP contribution in [0, 0.1) is 0 Å². The van der Waals surface area contributed by atoms with Crippen LogP contribution in [0.4, 0.5) is 0 Å². The summed E-state index contributed by atoms with van der Waals surface area (Å²) in [6.45, 7) is 0. The number of hydrogen-bond donors (Lipinski definition) is 0. The Bertz CT molecular complexity index is 1520. The lowest BCUT2D eigenvalue weighted by Gasteiger charge is -2.11. The van der Waals surface area contributed by atoms with Crippen LogP contribution in [0.5, 0.6) is 0 Å². The fraction of sp³-hybridized carbons (Fsp3) is 0. The smallest absolute Gasteiger partial charge is 0.238 e. The van der Waals surface area contributed by atoms with Crippen molar-refractivity contribution in [2.45, 2.75) is 0 Å². The number of rotatable bonds is 3. The van der Waals surface area contributed by atoms with Crippen LogP contribution < -0.4 is 0 Å². The van der Waals surface area contributed by atoms with Gasteiger partial charge in [-0.25, -0.2) is 4.98 Å². The average Bonchev–Trinajstić information content (AvgIpc) is 3.21. The molecule has 0 amide bonds. The molecule has 0 spiro atoms. The summed E-state index contributed by atoms with van der Waals surface area (Å²) in [6, 6.07) is 34.7. The second-order valence-electron chi connectivity index (χ2n) is 7.50. The molecule has 0 fully saturated rings. The van der Waals surface area contributed by atoms with E-state index in [0.717, 1.165) is 37.4 Å². The Morgan fingerprint density at radius 1 is 0.531 bits per heavy atom. The zero-order valence-electron chi connectivity index (χ0n) is 17.0. The molecule has 0 radical (unpaired) electrons. The quantitative estimate of drug-likeness (QED) is 0.274. The first-order chi connectivity index (χ1) is 15.8. The van der Waals surface area contributed by atoms with Crippen LogP contribution in [0.1, 0.15) is 0 Å². The monoisotopic (exact) mass is 476 g/mol. The summed E-state index contributed by atoms with van der Waals surface area (Å²) >= 11 is 3.76. The SMILES string of the molecule is Brc1cccc2c3ccccc3n(-c3nc(-c4ccccc4)nc(-c4ccccc4)n3)c12. The minimum atomic E-state index is 0.593. The van der Waals surface area contributed by atoms with Crippen molar-refractivity contribution in [3.05, 3.63) is 108 Å². The van der Waals surface area contributed by atoms with Crippen LogP contribution in [-0.2, 0) is 0 Å². The van der Waals surface area contributed by atoms with E-state index in [1.807, 2.05) is 66.7 Å². The molecule has 0 bridgehead atoms. The molecule has 0 saturated carbocycles. The Hall–Kier alpha value is -3.83. The van der Waals surface area contributed by atoms with Crippen molar-refractivity contribution in [2.24, 2.45) is 0 Å². The van der Waals surface area contributed by atoms with Crippen molar-refractivity contribution < 1.29 is 0 Å². The summed E-state index contributed by atoms with van der Waals surface area (Å²) in [6.07, 6.45) is 0. The maximum absolute atomic E-state index is 4.93. The van der Waals surface area contributed by atoms with E-state index >= 15 is 0 Å². The van der Waals surface area contributed by atoms with Crippen LogP contribution >= 0.6 is 15.9 Å². The number of aromatic nitrogens is 4. The number of halogens is 1. The van der Waals surface area contributed by atoms with Gasteiger partial charge in [-0.3, -0.25) is 4.57 Å². The second-order valence-corrected chi connectivity index (χ2v) is 8.36. The first kappa shape index (κ1) is 18.9. The van der Waals surface area contributed by atoms with Gasteiger partial charge in [-0.05, 0) is 28.1 Å². The van der Waals surface area contributed by atoms with Crippen LogP contribution in [0.15, 0.2) is 108 Å². The van der Waals surface area contributed by atoms with Gasteiger partial charge in [0.25, 0.3) is 0 Å². The number of nitrogens with zero attached hydrogens (tertiary/aromatic N) is 4. The maximum atomic E-state index is 4.93. The van der Waals surface area contributed by atoms with Crippen LogP contribution in [-0.4, -0.2) is 19.5 Å². The number of para-hydroxylation sites is 2. The number of fused-ring (bicyclic) bond motifs is 3. The first-order valence-corrected chi connectivity index (χ1v) is 11.1. The highest BCUT2D eigenvalue weighted by Gasteiger charge is 2.18. The molecule has 4 nitrogen and oxygen atoms in total. The van der Waals surface area contributed by atoms with Crippen molar-refractivity contribution in [2.75, 3.05) is 0 Å². The molecule has 152 valence electrons. The van der Waals surface area contributed by atoms with Crippen LogP contribution in [0.3, 0.4) is 0 Å². The van der Waals surface area contributed by atoms with Gasteiger partial charge in [-0.15, -0.1) is 0 Å². The lowest BCUT2D eigenvalue weighted by Crippen LogP contribution is -2.06.